The van der Waals surface area contributed by atoms with Crippen molar-refractivity contribution < 1.29 is 32.2 Å². The fourth-order valence-corrected chi connectivity index (χ4v) is 5.03. The van der Waals surface area contributed by atoms with Crippen LogP contribution in [0.1, 0.15) is 27.2 Å². The Hall–Kier alpha value is -3.50. The Kier molecular flexibility index (Phi) is 8.32. The number of anilines is 2. The number of halogens is 4. The molecule has 2 unspecified atom stereocenters. The van der Waals surface area contributed by atoms with Crippen molar-refractivity contribution in [2.75, 3.05) is 43.8 Å². The molecule has 1 amide bonds. The molecule has 2 aromatic carbocycles. The highest BCUT2D eigenvalue weighted by atomic mass is 19.4. The van der Waals surface area contributed by atoms with E-state index in [9.17, 15) is 27.5 Å². The van der Waals surface area contributed by atoms with E-state index in [1.54, 1.807) is 6.07 Å². The van der Waals surface area contributed by atoms with Crippen LogP contribution in [-0.4, -0.2) is 55.6 Å². The third-order valence-electron chi connectivity index (χ3n) is 6.94. The van der Waals surface area contributed by atoms with E-state index in [-0.39, 0.29) is 24.1 Å². The molecule has 0 bridgehead atoms. The average Bonchev–Trinajstić information content (AvgIpc) is 2.94. The number of ether oxygens (including phenoxy) is 1. The number of fused-ring (bicyclic) bond motifs is 3. The Labute approximate surface area is 218 Å². The quantitative estimate of drug-likeness (QED) is 0.448. The predicted molar refractivity (Wildman–Crippen MR) is 137 cm³/mol. The van der Waals surface area contributed by atoms with Gasteiger partial charge in [-0.05, 0) is 65.9 Å². The van der Waals surface area contributed by atoms with Crippen molar-refractivity contribution in [3.8, 4) is 11.1 Å². The minimum atomic E-state index is -4.63. The summed E-state index contributed by atoms with van der Waals surface area (Å²) in [6.07, 6.45) is -2.88. The van der Waals surface area contributed by atoms with E-state index in [2.05, 4.69) is 27.3 Å². The Morgan fingerprint density at radius 3 is 2.68 bits per heavy atom. The first-order valence-corrected chi connectivity index (χ1v) is 12.2. The van der Waals surface area contributed by atoms with E-state index in [0.29, 0.717) is 26.1 Å². The predicted octanol–water partition coefficient (Wildman–Crippen LogP) is 5.28. The van der Waals surface area contributed by atoms with E-state index < -0.39 is 17.8 Å². The highest BCUT2D eigenvalue weighted by Gasteiger charge is 2.36. The summed E-state index contributed by atoms with van der Waals surface area (Å²) in [6, 6.07) is 13.8. The normalized spacial score (nSPS) is 18.6. The van der Waals surface area contributed by atoms with Gasteiger partial charge in [0.25, 0.3) is 5.91 Å². The molecule has 202 valence electrons. The lowest BCUT2D eigenvalue weighted by molar-refractivity contribution is -0.141. The van der Waals surface area contributed by atoms with Crippen LogP contribution in [0.2, 0.25) is 0 Å². The van der Waals surface area contributed by atoms with Gasteiger partial charge in [0, 0.05) is 42.2 Å². The number of pyridine rings is 1. The van der Waals surface area contributed by atoms with E-state index in [1.165, 1.54) is 11.6 Å². The van der Waals surface area contributed by atoms with Gasteiger partial charge in [-0.3, -0.25) is 14.2 Å². The molecule has 0 radical (unpaired) electrons. The highest BCUT2D eigenvalue weighted by molar-refractivity contribution is 6.04. The molecule has 2 aliphatic rings. The smallest absolute Gasteiger partial charge is 0.396 e. The van der Waals surface area contributed by atoms with Crippen molar-refractivity contribution in [3.63, 3.8) is 0 Å². The first-order chi connectivity index (χ1) is 18.2. The van der Waals surface area contributed by atoms with Crippen LogP contribution in [0.25, 0.3) is 11.1 Å². The number of aliphatic hydroxyl groups is 1. The monoisotopic (exact) mass is 531 g/mol. The zero-order chi connectivity index (χ0) is 27.4. The summed E-state index contributed by atoms with van der Waals surface area (Å²) in [4.78, 5) is 18.3. The standard InChI is InChI=1S/C27H26F3N3O3.CH3F/c1-16-2-5-21(32-26(35)19-6-7-31-25(12-19)27(28,29)30)13-22(16)17-3-4-18-10-20(14-34)24-15-36-9-8-33(24)23(18)11-17;1-2/h2-7,11-13,20,24,34H,8-10,14-15H2,1H3,(H,32,35);1H3. The summed E-state index contributed by atoms with van der Waals surface area (Å²) in [5, 5.41) is 12.6. The maximum absolute atomic E-state index is 13.0. The molecule has 2 aliphatic heterocycles. The SMILES string of the molecule is CF.Cc1ccc(NC(=O)c2ccnc(C(F)(F)F)c2)cc1-c1ccc2c(c1)N1CCOCC1C(CO)C2. The number of hydrogen-bond acceptors (Lipinski definition) is 5. The van der Waals surface area contributed by atoms with Crippen LogP contribution >= 0.6 is 0 Å². The summed E-state index contributed by atoms with van der Waals surface area (Å²) < 4.78 is 54.2. The molecule has 6 nitrogen and oxygen atoms in total. The molecule has 38 heavy (non-hydrogen) atoms. The van der Waals surface area contributed by atoms with Crippen LogP contribution in [0.3, 0.4) is 0 Å². The Balaban J connectivity index is 0.00000164. The van der Waals surface area contributed by atoms with E-state index >= 15 is 0 Å². The van der Waals surface area contributed by atoms with Crippen LogP contribution in [-0.2, 0) is 17.3 Å². The molecule has 1 saturated heterocycles. The number of aryl methyl sites for hydroxylation is 1. The summed E-state index contributed by atoms with van der Waals surface area (Å²) in [7, 11) is 0.500. The molecule has 3 aromatic rings. The number of alkyl halides is 4. The molecular weight excluding hydrogens is 502 g/mol. The van der Waals surface area contributed by atoms with Crippen molar-refractivity contribution in [1.82, 2.24) is 4.98 Å². The number of nitrogens with one attached hydrogen (secondary N) is 1. The van der Waals surface area contributed by atoms with Crippen molar-refractivity contribution in [2.45, 2.75) is 25.6 Å². The Morgan fingerprint density at radius 1 is 1.16 bits per heavy atom. The molecule has 1 aromatic heterocycles. The Morgan fingerprint density at radius 2 is 1.95 bits per heavy atom. The number of morpholine rings is 1. The van der Waals surface area contributed by atoms with Gasteiger partial charge in [0.05, 0.1) is 26.4 Å². The van der Waals surface area contributed by atoms with Crippen molar-refractivity contribution in [1.29, 1.82) is 0 Å². The molecule has 0 spiro atoms. The second-order valence-electron chi connectivity index (χ2n) is 9.24. The third-order valence-corrected chi connectivity index (χ3v) is 6.94. The summed E-state index contributed by atoms with van der Waals surface area (Å²) in [5.74, 6) is -0.524. The van der Waals surface area contributed by atoms with Gasteiger partial charge in [0.2, 0.25) is 0 Å². The first kappa shape index (κ1) is 27.5. The lowest BCUT2D eigenvalue weighted by Gasteiger charge is -2.46. The first-order valence-electron chi connectivity index (χ1n) is 12.2. The van der Waals surface area contributed by atoms with E-state index in [0.717, 1.165) is 47.6 Å². The van der Waals surface area contributed by atoms with Crippen molar-refractivity contribution >= 4 is 17.3 Å². The molecule has 0 saturated carbocycles. The number of rotatable bonds is 4. The molecule has 5 rings (SSSR count). The van der Waals surface area contributed by atoms with Crippen molar-refractivity contribution in [3.05, 3.63) is 77.1 Å². The van der Waals surface area contributed by atoms with Crippen LogP contribution in [0.5, 0.6) is 0 Å². The van der Waals surface area contributed by atoms with E-state index in [1.807, 2.05) is 25.1 Å². The zero-order valence-electron chi connectivity index (χ0n) is 21.1. The van der Waals surface area contributed by atoms with Gasteiger partial charge in [-0.1, -0.05) is 18.2 Å². The number of carbonyl (C=O) groups is 1. The number of aromatic nitrogens is 1. The fraction of sp³-hybridized carbons (Fsp3) is 0.357. The van der Waals surface area contributed by atoms with Gasteiger partial charge in [-0.2, -0.15) is 13.2 Å². The second kappa shape index (κ2) is 11.5. The third kappa shape index (κ3) is 5.66. The Bertz CT molecular complexity index is 1300. The molecule has 10 heteroatoms. The summed E-state index contributed by atoms with van der Waals surface area (Å²) >= 11 is 0. The topological polar surface area (TPSA) is 74.7 Å². The van der Waals surface area contributed by atoms with Crippen LogP contribution in [0, 0.1) is 12.8 Å². The molecule has 1 fully saturated rings. The molecule has 3 heterocycles. The molecule has 0 aliphatic carbocycles. The number of amides is 1. The second-order valence-corrected chi connectivity index (χ2v) is 9.24. The summed E-state index contributed by atoms with van der Waals surface area (Å²) in [5.41, 5.74) is 4.43. The minimum Gasteiger partial charge on any atom is -0.396 e. The van der Waals surface area contributed by atoms with Gasteiger partial charge in [0.1, 0.15) is 5.69 Å². The molecular formula is C28H29F4N3O3. The maximum Gasteiger partial charge on any atom is 0.433 e. The number of hydrogen-bond donors (Lipinski definition) is 2. The van der Waals surface area contributed by atoms with Gasteiger partial charge >= 0.3 is 6.18 Å². The van der Waals surface area contributed by atoms with Crippen LogP contribution in [0.4, 0.5) is 28.9 Å². The average molecular weight is 532 g/mol. The van der Waals surface area contributed by atoms with Gasteiger partial charge in [0.15, 0.2) is 0 Å². The number of aliphatic hydroxyl groups excluding tert-OH is 1. The molecule has 2 atom stereocenters. The number of nitrogens with zero attached hydrogens (tertiary/aromatic N) is 2. The van der Waals surface area contributed by atoms with Gasteiger partial charge < -0.3 is 20.1 Å². The van der Waals surface area contributed by atoms with Crippen molar-refractivity contribution in [2.24, 2.45) is 5.92 Å². The maximum atomic E-state index is 13.0. The van der Waals surface area contributed by atoms with Crippen LogP contribution < -0.4 is 10.2 Å². The highest BCUT2D eigenvalue weighted by Crippen LogP contribution is 2.39. The zero-order valence-corrected chi connectivity index (χ0v) is 21.1. The minimum absolute atomic E-state index is 0.106. The summed E-state index contributed by atoms with van der Waals surface area (Å²) in [6.45, 7) is 4.04. The lowest BCUT2D eigenvalue weighted by Crippen LogP contribution is -2.53. The largest absolute Gasteiger partial charge is 0.433 e. The number of benzene rings is 2. The van der Waals surface area contributed by atoms with Crippen LogP contribution in [0.15, 0.2) is 54.7 Å². The van der Waals surface area contributed by atoms with E-state index in [4.69, 9.17) is 4.74 Å². The lowest BCUT2D eigenvalue weighted by atomic mass is 9.84. The molecule has 2 N–H and O–H groups in total. The van der Waals surface area contributed by atoms with Gasteiger partial charge in [-0.15, -0.1) is 0 Å². The van der Waals surface area contributed by atoms with Gasteiger partial charge in [-0.25, -0.2) is 0 Å². The number of carbonyl (C=O) groups excluding carboxylic acids is 1. The fourth-order valence-electron chi connectivity index (χ4n) is 5.03.